The second-order valence-electron chi connectivity index (χ2n) is 14.3. The highest BCUT2D eigenvalue weighted by Gasteiger charge is 2.52. The Balaban J connectivity index is 1.18. The lowest BCUT2D eigenvalue weighted by Gasteiger charge is -2.57. The van der Waals surface area contributed by atoms with E-state index >= 15 is 0 Å². The Morgan fingerprint density at radius 1 is 0.864 bits per heavy atom. The Hall–Kier alpha value is -4.19. The monoisotopic (exact) mass is 589 g/mol. The van der Waals surface area contributed by atoms with Crippen LogP contribution in [-0.4, -0.2) is 28.5 Å². The highest BCUT2D eigenvalue weighted by Crippen LogP contribution is 2.62. The lowest BCUT2D eigenvalue weighted by Crippen LogP contribution is -2.48. The third kappa shape index (κ3) is 5.47. The summed E-state index contributed by atoms with van der Waals surface area (Å²) >= 11 is 0. The molecule has 0 unspecified atom stereocenters. The van der Waals surface area contributed by atoms with Crippen molar-refractivity contribution in [2.45, 2.75) is 76.9 Å². The molecule has 2 amide bonds. The molecule has 4 bridgehead atoms. The molecule has 3 aromatic rings. The maximum absolute atomic E-state index is 13.5. The normalized spacial score (nSPS) is 25.4. The number of fused-ring (bicyclic) bond motifs is 1. The van der Waals surface area contributed by atoms with Crippen molar-refractivity contribution < 1.29 is 23.9 Å². The summed E-state index contributed by atoms with van der Waals surface area (Å²) in [5.74, 6) is 2.06. The molecular weight excluding hydrogens is 550 g/mol. The number of benzene rings is 3. The van der Waals surface area contributed by atoms with Crippen molar-refractivity contribution in [2.24, 2.45) is 17.8 Å². The molecule has 0 N–H and O–H groups in total. The summed E-state index contributed by atoms with van der Waals surface area (Å²) in [5, 5.41) is 0. The second-order valence-corrected chi connectivity index (χ2v) is 14.3. The molecule has 0 spiro atoms. The zero-order chi connectivity index (χ0) is 30.6. The molecule has 5 aliphatic rings. The minimum atomic E-state index is -0.619. The van der Waals surface area contributed by atoms with E-state index in [1.807, 2.05) is 63.2 Å². The van der Waals surface area contributed by atoms with Gasteiger partial charge >= 0.3 is 12.1 Å². The van der Waals surface area contributed by atoms with E-state index in [1.54, 1.807) is 12.1 Å². The lowest BCUT2D eigenvalue weighted by atomic mass is 9.48. The number of amides is 2. The van der Waals surface area contributed by atoms with Crippen LogP contribution >= 0.6 is 0 Å². The molecule has 226 valence electrons. The van der Waals surface area contributed by atoms with Gasteiger partial charge in [0.05, 0.1) is 6.54 Å². The molecule has 0 aromatic heterocycles. The summed E-state index contributed by atoms with van der Waals surface area (Å²) in [6.07, 6.45) is 9.90. The summed E-state index contributed by atoms with van der Waals surface area (Å²) in [6, 6.07) is 21.6. The van der Waals surface area contributed by atoms with Crippen LogP contribution in [0, 0.1) is 17.8 Å². The average molecular weight is 590 g/mol. The van der Waals surface area contributed by atoms with Gasteiger partial charge in [0, 0.05) is 17.2 Å². The van der Waals surface area contributed by atoms with Gasteiger partial charge in [0.15, 0.2) is 0 Å². The van der Waals surface area contributed by atoms with E-state index in [1.165, 1.54) is 30.2 Å². The van der Waals surface area contributed by atoms with Crippen molar-refractivity contribution in [3.8, 4) is 16.9 Å². The Morgan fingerprint density at radius 3 is 2.14 bits per heavy atom. The molecule has 0 atom stereocenters. The molecule has 6 heteroatoms. The van der Waals surface area contributed by atoms with Crippen molar-refractivity contribution >= 4 is 24.0 Å². The largest absolute Gasteiger partial charge is 0.457 e. The fourth-order valence-corrected chi connectivity index (χ4v) is 8.49. The lowest BCUT2D eigenvalue weighted by molar-refractivity contribution is -0.148. The van der Waals surface area contributed by atoms with Crippen LogP contribution in [0.1, 0.15) is 86.3 Å². The van der Waals surface area contributed by atoms with Gasteiger partial charge < -0.3 is 9.47 Å². The van der Waals surface area contributed by atoms with E-state index in [4.69, 9.17) is 9.47 Å². The van der Waals surface area contributed by atoms with Crippen molar-refractivity contribution in [1.82, 2.24) is 4.90 Å². The fourth-order valence-electron chi connectivity index (χ4n) is 8.49. The van der Waals surface area contributed by atoms with Crippen LogP contribution in [-0.2, 0) is 21.5 Å². The van der Waals surface area contributed by atoms with Crippen molar-refractivity contribution in [1.29, 1.82) is 0 Å². The van der Waals surface area contributed by atoms with Crippen molar-refractivity contribution in [3.05, 3.63) is 95.1 Å². The van der Waals surface area contributed by atoms with Gasteiger partial charge in [-0.05, 0) is 129 Å². The number of carbonyl (C=O) groups excluding carboxylic acids is 3. The van der Waals surface area contributed by atoms with Crippen LogP contribution in [0.3, 0.4) is 0 Å². The van der Waals surface area contributed by atoms with Crippen LogP contribution in [0.15, 0.2) is 72.8 Å². The molecule has 3 aromatic carbocycles. The van der Waals surface area contributed by atoms with Crippen molar-refractivity contribution in [3.63, 3.8) is 0 Å². The Kier molecular flexibility index (Phi) is 6.99. The number of esters is 1. The van der Waals surface area contributed by atoms with E-state index in [0.717, 1.165) is 64.8 Å². The summed E-state index contributed by atoms with van der Waals surface area (Å²) < 4.78 is 11.5. The number of hydrogen-bond acceptors (Lipinski definition) is 5. The van der Waals surface area contributed by atoms with Crippen LogP contribution in [0.4, 0.5) is 4.79 Å². The van der Waals surface area contributed by atoms with Gasteiger partial charge in [0.1, 0.15) is 11.4 Å². The predicted octanol–water partition coefficient (Wildman–Crippen LogP) is 8.33. The second kappa shape index (κ2) is 10.8. The number of rotatable bonds is 5. The summed E-state index contributed by atoms with van der Waals surface area (Å²) in [7, 11) is 0. The molecule has 0 radical (unpaired) electrons. The highest BCUT2D eigenvalue weighted by molar-refractivity contribution is 6.06. The minimum Gasteiger partial charge on any atom is -0.457 e. The summed E-state index contributed by atoms with van der Waals surface area (Å²) in [5.41, 5.74) is 4.96. The summed E-state index contributed by atoms with van der Waals surface area (Å²) in [4.78, 5) is 39.9. The molecular formula is C38H39NO5. The summed E-state index contributed by atoms with van der Waals surface area (Å²) in [6.45, 7) is 5.78. The van der Waals surface area contributed by atoms with E-state index in [9.17, 15) is 14.4 Å². The maximum atomic E-state index is 13.5. The van der Waals surface area contributed by atoms with E-state index in [0.29, 0.717) is 11.3 Å². The van der Waals surface area contributed by atoms with E-state index in [-0.39, 0.29) is 23.8 Å². The number of nitrogens with zero attached hydrogens (tertiary/aromatic N) is 1. The number of carbonyl (C=O) groups is 3. The third-order valence-corrected chi connectivity index (χ3v) is 9.89. The number of ether oxygens (including phenoxy) is 2. The fraction of sp³-hybridized carbons (Fsp3) is 0.395. The van der Waals surface area contributed by atoms with Gasteiger partial charge in [-0.2, -0.15) is 0 Å². The molecule has 1 aliphatic heterocycles. The zero-order valence-electron chi connectivity index (χ0n) is 25.7. The SMILES string of the molecule is CC(C)(C)OC(=O)C=Cc1ccc(-c2ccc(OC(=O)N3Cc4ccccc4C3=O)c(C34CC5CC(CC(C5)C3)C4)c2)cc1. The van der Waals surface area contributed by atoms with Crippen LogP contribution in [0.25, 0.3) is 17.2 Å². The first-order valence-electron chi connectivity index (χ1n) is 15.8. The molecule has 4 saturated carbocycles. The van der Waals surface area contributed by atoms with Crippen LogP contribution in [0.5, 0.6) is 5.75 Å². The van der Waals surface area contributed by atoms with E-state index < -0.39 is 11.7 Å². The van der Waals surface area contributed by atoms with Gasteiger partial charge in [-0.15, -0.1) is 0 Å². The topological polar surface area (TPSA) is 72.9 Å². The maximum Gasteiger partial charge on any atom is 0.422 e. The Bertz CT molecular complexity index is 1630. The van der Waals surface area contributed by atoms with Crippen molar-refractivity contribution in [2.75, 3.05) is 0 Å². The zero-order valence-corrected chi connectivity index (χ0v) is 25.7. The first-order valence-corrected chi connectivity index (χ1v) is 15.8. The molecule has 1 heterocycles. The number of imide groups is 1. The van der Waals surface area contributed by atoms with Gasteiger partial charge in [0.25, 0.3) is 5.91 Å². The predicted molar refractivity (Wildman–Crippen MR) is 169 cm³/mol. The van der Waals surface area contributed by atoms with Gasteiger partial charge in [-0.1, -0.05) is 48.5 Å². The first kappa shape index (κ1) is 28.6. The first-order chi connectivity index (χ1) is 21.0. The number of hydrogen-bond donors (Lipinski definition) is 0. The standard InChI is InChI=1S/C38H39NO5/c1-37(2,3)44-34(40)15-10-24-8-11-28(12-9-24)29-13-14-33(43-36(42)39-23-30-6-4-5-7-31(30)35(39)41)32(19-29)38-20-25-16-26(21-38)18-27(17-25)22-38/h4-15,19,25-27H,16-18,20-23H2,1-3H3. The smallest absolute Gasteiger partial charge is 0.422 e. The van der Waals surface area contributed by atoms with E-state index in [2.05, 4.69) is 18.2 Å². The van der Waals surface area contributed by atoms with Gasteiger partial charge in [0.2, 0.25) is 0 Å². The van der Waals surface area contributed by atoms with Crippen LogP contribution in [0.2, 0.25) is 0 Å². The molecule has 44 heavy (non-hydrogen) atoms. The van der Waals surface area contributed by atoms with Crippen LogP contribution < -0.4 is 4.74 Å². The quantitative estimate of drug-likeness (QED) is 0.221. The molecule has 4 aliphatic carbocycles. The third-order valence-electron chi connectivity index (χ3n) is 9.89. The average Bonchev–Trinajstić information content (AvgIpc) is 3.31. The highest BCUT2D eigenvalue weighted by atomic mass is 16.6. The van der Waals surface area contributed by atoms with Gasteiger partial charge in [-0.25, -0.2) is 14.5 Å². The van der Waals surface area contributed by atoms with Gasteiger partial charge in [-0.3, -0.25) is 4.79 Å². The molecule has 4 fully saturated rings. The minimum absolute atomic E-state index is 0.0194. The molecule has 8 rings (SSSR count). The Morgan fingerprint density at radius 2 is 1.50 bits per heavy atom. The molecule has 0 saturated heterocycles. The Labute approximate surface area is 259 Å². The molecule has 6 nitrogen and oxygen atoms in total.